The van der Waals surface area contributed by atoms with E-state index >= 15 is 0 Å². The van der Waals surface area contributed by atoms with Gasteiger partial charge in [-0.25, -0.2) is 0 Å². The summed E-state index contributed by atoms with van der Waals surface area (Å²) in [5.41, 5.74) is 7.04. The van der Waals surface area contributed by atoms with Crippen molar-refractivity contribution >= 4 is 0 Å². The molecule has 88 valence electrons. The molecule has 0 aromatic rings. The number of rotatable bonds is 3. The zero-order chi connectivity index (χ0) is 10.9. The summed E-state index contributed by atoms with van der Waals surface area (Å²) in [6.45, 7) is 8.57. The normalized spacial score (nSPS) is 29.8. The summed E-state index contributed by atoms with van der Waals surface area (Å²) in [6.07, 6.45) is 7.78. The molecule has 0 bridgehead atoms. The van der Waals surface area contributed by atoms with Crippen LogP contribution in [0.4, 0.5) is 0 Å². The molecule has 2 rings (SSSR count). The second-order valence-corrected chi connectivity index (χ2v) is 6.47. The summed E-state index contributed by atoms with van der Waals surface area (Å²) in [5.74, 6) is 0. The average Bonchev–Trinajstić information content (AvgIpc) is 2.13. The van der Waals surface area contributed by atoms with Crippen molar-refractivity contribution in [2.45, 2.75) is 57.9 Å². The summed E-state index contributed by atoms with van der Waals surface area (Å²) in [6, 6.07) is 0. The highest BCUT2D eigenvalue weighted by Crippen LogP contribution is 2.34. The molecule has 0 aromatic carbocycles. The van der Waals surface area contributed by atoms with E-state index in [1.165, 1.54) is 58.2 Å². The lowest BCUT2D eigenvalue weighted by molar-refractivity contribution is 0.112. The van der Waals surface area contributed by atoms with Gasteiger partial charge in [0.25, 0.3) is 0 Å². The van der Waals surface area contributed by atoms with E-state index in [0.29, 0.717) is 5.41 Å². The van der Waals surface area contributed by atoms with Crippen LogP contribution in [0.3, 0.4) is 0 Å². The molecular weight excluding hydrogens is 184 g/mol. The smallest absolute Gasteiger partial charge is 0.0166 e. The van der Waals surface area contributed by atoms with E-state index < -0.39 is 0 Å². The van der Waals surface area contributed by atoms with Crippen LogP contribution < -0.4 is 5.73 Å². The first-order valence-corrected chi connectivity index (χ1v) is 6.51. The van der Waals surface area contributed by atoms with E-state index in [-0.39, 0.29) is 5.54 Å². The Labute approximate surface area is 94.2 Å². The number of piperidine rings is 1. The maximum absolute atomic E-state index is 6.25. The fourth-order valence-corrected chi connectivity index (χ4v) is 2.64. The number of hydrogen-bond donors (Lipinski definition) is 1. The van der Waals surface area contributed by atoms with Gasteiger partial charge in [-0.3, -0.25) is 0 Å². The first-order valence-electron chi connectivity index (χ1n) is 6.51. The van der Waals surface area contributed by atoms with Crippen LogP contribution in [-0.4, -0.2) is 30.1 Å². The van der Waals surface area contributed by atoms with E-state index in [1.54, 1.807) is 0 Å². The van der Waals surface area contributed by atoms with Gasteiger partial charge in [-0.1, -0.05) is 13.8 Å². The summed E-state index contributed by atoms with van der Waals surface area (Å²) < 4.78 is 0. The van der Waals surface area contributed by atoms with Crippen LogP contribution in [0.25, 0.3) is 0 Å². The zero-order valence-corrected chi connectivity index (χ0v) is 10.4. The van der Waals surface area contributed by atoms with E-state index in [1.807, 2.05) is 0 Å². The first-order chi connectivity index (χ1) is 6.99. The molecule has 0 unspecified atom stereocenters. The van der Waals surface area contributed by atoms with Crippen LogP contribution >= 0.6 is 0 Å². The fraction of sp³-hybridized carbons (Fsp3) is 1.00. The number of nitrogens with two attached hydrogens (primary N) is 1. The molecule has 1 heterocycles. The Bertz CT molecular complexity index is 209. The fourth-order valence-electron chi connectivity index (χ4n) is 2.64. The van der Waals surface area contributed by atoms with Gasteiger partial charge in [0.1, 0.15) is 0 Å². The third-order valence-electron chi connectivity index (χ3n) is 4.48. The predicted octanol–water partition coefficient (Wildman–Crippen LogP) is 2.38. The Balaban J connectivity index is 1.68. The van der Waals surface area contributed by atoms with Gasteiger partial charge in [0.15, 0.2) is 0 Å². The van der Waals surface area contributed by atoms with E-state index in [9.17, 15) is 0 Å². The lowest BCUT2D eigenvalue weighted by atomic mass is 9.75. The molecule has 0 atom stereocenters. The second-order valence-electron chi connectivity index (χ2n) is 6.47. The molecule has 0 amide bonds. The molecule has 2 fully saturated rings. The Morgan fingerprint density at radius 2 is 1.67 bits per heavy atom. The minimum Gasteiger partial charge on any atom is -0.325 e. The van der Waals surface area contributed by atoms with Crippen molar-refractivity contribution in [3.63, 3.8) is 0 Å². The molecule has 2 nitrogen and oxygen atoms in total. The van der Waals surface area contributed by atoms with Crippen molar-refractivity contribution in [1.29, 1.82) is 0 Å². The molecular formula is C13H26N2. The molecule has 1 aliphatic heterocycles. The minimum atomic E-state index is 0.215. The molecule has 1 saturated heterocycles. The van der Waals surface area contributed by atoms with Crippen molar-refractivity contribution < 1.29 is 0 Å². The van der Waals surface area contributed by atoms with Crippen LogP contribution in [0.1, 0.15) is 52.4 Å². The van der Waals surface area contributed by atoms with Gasteiger partial charge < -0.3 is 10.6 Å². The summed E-state index contributed by atoms with van der Waals surface area (Å²) in [4.78, 5) is 2.61. The highest BCUT2D eigenvalue weighted by molar-refractivity contribution is 4.93. The van der Waals surface area contributed by atoms with Crippen molar-refractivity contribution in [2.24, 2.45) is 11.1 Å². The van der Waals surface area contributed by atoms with Crippen molar-refractivity contribution in [1.82, 2.24) is 4.90 Å². The summed E-state index contributed by atoms with van der Waals surface area (Å²) in [7, 11) is 0. The van der Waals surface area contributed by atoms with E-state index in [2.05, 4.69) is 18.7 Å². The first kappa shape index (κ1) is 11.4. The standard InChI is InChI=1S/C13H26N2/c1-12(2)6-9-15(10-7-12)11-8-13(14)4-3-5-13/h3-11,14H2,1-2H3. The van der Waals surface area contributed by atoms with Crippen LogP contribution in [0, 0.1) is 5.41 Å². The molecule has 0 aromatic heterocycles. The highest BCUT2D eigenvalue weighted by atomic mass is 15.1. The Morgan fingerprint density at radius 1 is 1.07 bits per heavy atom. The molecule has 1 saturated carbocycles. The SMILES string of the molecule is CC1(C)CCN(CCC2(N)CCC2)CC1. The molecule has 2 N–H and O–H groups in total. The van der Waals surface area contributed by atoms with Gasteiger partial charge in [0.2, 0.25) is 0 Å². The summed E-state index contributed by atoms with van der Waals surface area (Å²) in [5, 5.41) is 0. The molecule has 2 heteroatoms. The van der Waals surface area contributed by atoms with Crippen molar-refractivity contribution in [2.75, 3.05) is 19.6 Å². The van der Waals surface area contributed by atoms with E-state index in [4.69, 9.17) is 5.73 Å². The van der Waals surface area contributed by atoms with Crippen LogP contribution in [0.5, 0.6) is 0 Å². The molecule has 1 aliphatic carbocycles. The van der Waals surface area contributed by atoms with Gasteiger partial charge >= 0.3 is 0 Å². The lowest BCUT2D eigenvalue weighted by Crippen LogP contribution is -2.49. The largest absolute Gasteiger partial charge is 0.325 e. The number of likely N-dealkylation sites (tertiary alicyclic amines) is 1. The molecule has 0 spiro atoms. The maximum Gasteiger partial charge on any atom is 0.0166 e. The van der Waals surface area contributed by atoms with Crippen molar-refractivity contribution in [3.05, 3.63) is 0 Å². The lowest BCUT2D eigenvalue weighted by Gasteiger charge is -2.42. The Hall–Kier alpha value is -0.0800. The number of hydrogen-bond acceptors (Lipinski definition) is 2. The monoisotopic (exact) mass is 210 g/mol. The highest BCUT2D eigenvalue weighted by Gasteiger charge is 2.33. The van der Waals surface area contributed by atoms with Gasteiger partial charge in [-0.15, -0.1) is 0 Å². The minimum absolute atomic E-state index is 0.215. The van der Waals surface area contributed by atoms with Gasteiger partial charge in [-0.05, 0) is 63.6 Å². The maximum atomic E-state index is 6.25. The average molecular weight is 210 g/mol. The quantitative estimate of drug-likeness (QED) is 0.775. The number of nitrogens with zero attached hydrogens (tertiary/aromatic N) is 1. The second kappa shape index (κ2) is 4.06. The molecule has 2 aliphatic rings. The third kappa shape index (κ3) is 2.94. The Kier molecular flexibility index (Phi) is 3.09. The van der Waals surface area contributed by atoms with Gasteiger partial charge in [-0.2, -0.15) is 0 Å². The topological polar surface area (TPSA) is 29.3 Å². The van der Waals surface area contributed by atoms with E-state index in [0.717, 1.165) is 0 Å². The summed E-state index contributed by atoms with van der Waals surface area (Å²) >= 11 is 0. The van der Waals surface area contributed by atoms with Crippen LogP contribution in [0.2, 0.25) is 0 Å². The Morgan fingerprint density at radius 3 is 2.13 bits per heavy atom. The molecule has 0 radical (unpaired) electrons. The van der Waals surface area contributed by atoms with Crippen LogP contribution in [-0.2, 0) is 0 Å². The van der Waals surface area contributed by atoms with Crippen LogP contribution in [0.15, 0.2) is 0 Å². The third-order valence-corrected chi connectivity index (χ3v) is 4.48. The van der Waals surface area contributed by atoms with Gasteiger partial charge in [0.05, 0.1) is 0 Å². The molecule has 15 heavy (non-hydrogen) atoms. The predicted molar refractivity (Wildman–Crippen MR) is 64.8 cm³/mol. The van der Waals surface area contributed by atoms with Gasteiger partial charge in [0, 0.05) is 5.54 Å². The van der Waals surface area contributed by atoms with Crippen molar-refractivity contribution in [3.8, 4) is 0 Å². The zero-order valence-electron chi connectivity index (χ0n) is 10.4.